The van der Waals surface area contributed by atoms with E-state index in [1.807, 2.05) is 0 Å². The van der Waals surface area contributed by atoms with Crippen molar-refractivity contribution in [3.63, 3.8) is 0 Å². The first-order valence-electron chi connectivity index (χ1n) is 6.70. The largest absolute Gasteiger partial charge is 0.490 e. The molecule has 0 radical (unpaired) electrons. The highest BCUT2D eigenvalue weighted by Crippen LogP contribution is 2.41. The highest BCUT2D eigenvalue weighted by molar-refractivity contribution is 9.09. The molecule has 2 heterocycles. The van der Waals surface area contributed by atoms with Gasteiger partial charge in [0, 0.05) is 25.0 Å². The van der Waals surface area contributed by atoms with Gasteiger partial charge in [-0.2, -0.15) is 0 Å². The van der Waals surface area contributed by atoms with E-state index in [1.54, 1.807) is 0 Å². The summed E-state index contributed by atoms with van der Waals surface area (Å²) in [5.74, 6) is 1.08. The van der Waals surface area contributed by atoms with Crippen molar-refractivity contribution in [2.75, 3.05) is 18.5 Å². The number of hydrogen-bond donors (Lipinski definition) is 0. The quantitative estimate of drug-likeness (QED) is 0.795. The van der Waals surface area contributed by atoms with Gasteiger partial charge in [-0.3, -0.25) is 0 Å². The van der Waals surface area contributed by atoms with E-state index >= 15 is 0 Å². The molecule has 2 aliphatic rings. The van der Waals surface area contributed by atoms with Gasteiger partial charge in [0.15, 0.2) is 0 Å². The van der Waals surface area contributed by atoms with Crippen molar-refractivity contribution in [2.45, 2.75) is 31.8 Å². The van der Waals surface area contributed by atoms with Crippen LogP contribution in [-0.2, 0) is 11.2 Å². The standard InChI is InChI=1S/C15H19BrO2/c16-11-15(5-7-17-8-6-15)10-13-9-12-3-1-2-4-14(12)18-13/h1-4,13H,5-11H2. The summed E-state index contributed by atoms with van der Waals surface area (Å²) in [5.41, 5.74) is 1.73. The monoisotopic (exact) mass is 310 g/mol. The molecule has 0 N–H and O–H groups in total. The molecule has 3 rings (SSSR count). The van der Waals surface area contributed by atoms with Crippen molar-refractivity contribution >= 4 is 15.9 Å². The normalized spacial score (nSPS) is 25.5. The number of fused-ring (bicyclic) bond motifs is 1. The van der Waals surface area contributed by atoms with E-state index in [4.69, 9.17) is 9.47 Å². The van der Waals surface area contributed by atoms with E-state index in [0.717, 1.165) is 50.0 Å². The molecule has 0 amide bonds. The first-order valence-corrected chi connectivity index (χ1v) is 7.82. The molecule has 98 valence electrons. The number of benzene rings is 1. The number of alkyl halides is 1. The summed E-state index contributed by atoms with van der Waals surface area (Å²) in [6.45, 7) is 1.79. The lowest BCUT2D eigenvalue weighted by Gasteiger charge is -2.37. The van der Waals surface area contributed by atoms with Crippen molar-refractivity contribution in [3.05, 3.63) is 29.8 Å². The number of ether oxygens (including phenoxy) is 2. The molecule has 18 heavy (non-hydrogen) atoms. The molecule has 1 aromatic rings. The number of hydrogen-bond acceptors (Lipinski definition) is 2. The maximum atomic E-state index is 6.07. The number of para-hydroxylation sites is 1. The summed E-state index contributed by atoms with van der Waals surface area (Å²) in [5, 5.41) is 1.06. The minimum Gasteiger partial charge on any atom is -0.490 e. The zero-order valence-corrected chi connectivity index (χ0v) is 12.1. The predicted octanol–water partition coefficient (Wildman–Crippen LogP) is 3.57. The smallest absolute Gasteiger partial charge is 0.123 e. The minimum absolute atomic E-state index is 0.345. The third-order valence-electron chi connectivity index (χ3n) is 4.21. The van der Waals surface area contributed by atoms with Gasteiger partial charge in [-0.15, -0.1) is 0 Å². The Balaban J connectivity index is 1.67. The molecule has 0 bridgehead atoms. The summed E-state index contributed by atoms with van der Waals surface area (Å²) < 4.78 is 11.6. The Labute approximate surface area is 117 Å². The van der Waals surface area contributed by atoms with Gasteiger partial charge < -0.3 is 9.47 Å². The van der Waals surface area contributed by atoms with E-state index in [1.165, 1.54) is 5.56 Å². The zero-order valence-electron chi connectivity index (χ0n) is 10.5. The Kier molecular flexibility index (Phi) is 3.62. The summed E-state index contributed by atoms with van der Waals surface area (Å²) >= 11 is 3.70. The van der Waals surface area contributed by atoms with Gasteiger partial charge in [-0.1, -0.05) is 34.1 Å². The molecule has 1 aromatic carbocycles. The molecule has 0 saturated carbocycles. The molecule has 0 spiro atoms. The molecular weight excluding hydrogens is 292 g/mol. The Morgan fingerprint density at radius 3 is 2.72 bits per heavy atom. The molecule has 0 aromatic heterocycles. The van der Waals surface area contributed by atoms with Gasteiger partial charge in [0.1, 0.15) is 11.9 Å². The molecule has 2 aliphatic heterocycles. The number of halogens is 1. The van der Waals surface area contributed by atoms with E-state index in [2.05, 4.69) is 40.2 Å². The maximum absolute atomic E-state index is 6.07. The van der Waals surface area contributed by atoms with Crippen LogP contribution in [0.1, 0.15) is 24.8 Å². The van der Waals surface area contributed by atoms with Crippen molar-refractivity contribution in [2.24, 2.45) is 5.41 Å². The third-order valence-corrected chi connectivity index (χ3v) is 5.40. The highest BCUT2D eigenvalue weighted by atomic mass is 79.9. The molecule has 1 fully saturated rings. The van der Waals surface area contributed by atoms with Gasteiger partial charge in [-0.05, 0) is 36.3 Å². The van der Waals surface area contributed by atoms with Crippen LogP contribution in [0, 0.1) is 5.41 Å². The summed E-state index contributed by atoms with van der Waals surface area (Å²) in [7, 11) is 0. The molecule has 0 aliphatic carbocycles. The highest BCUT2D eigenvalue weighted by Gasteiger charge is 2.36. The minimum atomic E-state index is 0.345. The summed E-state index contributed by atoms with van der Waals surface area (Å²) in [4.78, 5) is 0. The topological polar surface area (TPSA) is 18.5 Å². The zero-order chi connectivity index (χ0) is 12.4. The lowest BCUT2D eigenvalue weighted by Crippen LogP contribution is -2.36. The van der Waals surface area contributed by atoms with Crippen LogP contribution < -0.4 is 4.74 Å². The van der Waals surface area contributed by atoms with Crippen molar-refractivity contribution < 1.29 is 9.47 Å². The van der Waals surface area contributed by atoms with E-state index in [0.29, 0.717) is 11.5 Å². The van der Waals surface area contributed by atoms with Gasteiger partial charge in [-0.25, -0.2) is 0 Å². The Bertz CT molecular complexity index is 388. The SMILES string of the molecule is BrCC1(CC2Cc3ccccc3O2)CCOCC1. The van der Waals surface area contributed by atoms with Gasteiger partial charge in [0.05, 0.1) is 0 Å². The first-order chi connectivity index (χ1) is 8.81. The van der Waals surface area contributed by atoms with Gasteiger partial charge >= 0.3 is 0 Å². The Morgan fingerprint density at radius 1 is 1.22 bits per heavy atom. The van der Waals surface area contributed by atoms with Crippen LogP contribution in [0.3, 0.4) is 0 Å². The molecule has 1 atom stereocenters. The fourth-order valence-electron chi connectivity index (χ4n) is 3.05. The van der Waals surface area contributed by atoms with Gasteiger partial charge in [0.25, 0.3) is 0 Å². The molecule has 2 nitrogen and oxygen atoms in total. The van der Waals surface area contributed by atoms with Crippen molar-refractivity contribution in [1.82, 2.24) is 0 Å². The van der Waals surface area contributed by atoms with Crippen LogP contribution in [0.15, 0.2) is 24.3 Å². The molecule has 3 heteroatoms. The first kappa shape index (κ1) is 12.5. The Morgan fingerprint density at radius 2 is 2.00 bits per heavy atom. The maximum Gasteiger partial charge on any atom is 0.123 e. The second-order valence-corrected chi connectivity index (χ2v) is 6.06. The van der Waals surface area contributed by atoms with Crippen LogP contribution in [0.25, 0.3) is 0 Å². The van der Waals surface area contributed by atoms with Crippen LogP contribution >= 0.6 is 15.9 Å². The van der Waals surface area contributed by atoms with E-state index in [-0.39, 0.29) is 0 Å². The second kappa shape index (κ2) is 5.22. The lowest BCUT2D eigenvalue weighted by molar-refractivity contribution is 0.00665. The van der Waals surface area contributed by atoms with Crippen LogP contribution in [0.5, 0.6) is 5.75 Å². The molecule has 1 saturated heterocycles. The summed E-state index contributed by atoms with van der Waals surface area (Å²) in [6.07, 6.45) is 4.84. The molecule has 1 unspecified atom stereocenters. The van der Waals surface area contributed by atoms with E-state index < -0.39 is 0 Å². The average Bonchev–Trinajstić information content (AvgIpc) is 2.81. The fourth-order valence-corrected chi connectivity index (χ4v) is 3.84. The van der Waals surface area contributed by atoms with Crippen molar-refractivity contribution in [3.8, 4) is 5.75 Å². The van der Waals surface area contributed by atoms with Crippen molar-refractivity contribution in [1.29, 1.82) is 0 Å². The second-order valence-electron chi connectivity index (χ2n) is 5.50. The third kappa shape index (κ3) is 2.43. The average molecular weight is 311 g/mol. The van der Waals surface area contributed by atoms with Crippen LogP contribution in [-0.4, -0.2) is 24.6 Å². The molecular formula is C15H19BrO2. The number of rotatable bonds is 3. The lowest BCUT2D eigenvalue weighted by atomic mass is 9.77. The van der Waals surface area contributed by atoms with Gasteiger partial charge in [0.2, 0.25) is 0 Å². The Hall–Kier alpha value is -0.540. The predicted molar refractivity (Wildman–Crippen MR) is 75.5 cm³/mol. The van der Waals surface area contributed by atoms with Crippen LogP contribution in [0.2, 0.25) is 0 Å². The van der Waals surface area contributed by atoms with Crippen LogP contribution in [0.4, 0.5) is 0 Å². The fraction of sp³-hybridized carbons (Fsp3) is 0.600. The van der Waals surface area contributed by atoms with E-state index in [9.17, 15) is 0 Å². The summed E-state index contributed by atoms with van der Waals surface area (Å²) in [6, 6.07) is 8.41.